The van der Waals surface area contributed by atoms with Crippen LogP contribution in [0.5, 0.6) is 11.5 Å². The van der Waals surface area contributed by atoms with Crippen LogP contribution in [0.15, 0.2) is 68.1 Å². The van der Waals surface area contributed by atoms with E-state index >= 15 is 0 Å². The van der Waals surface area contributed by atoms with Crippen LogP contribution in [-0.2, 0) is 0 Å². The van der Waals surface area contributed by atoms with Gasteiger partial charge in [0.25, 0.3) is 0 Å². The van der Waals surface area contributed by atoms with Crippen LogP contribution in [0.2, 0.25) is 0 Å². The second kappa shape index (κ2) is 10.7. The van der Waals surface area contributed by atoms with Crippen LogP contribution in [0.4, 0.5) is 11.4 Å². The van der Waals surface area contributed by atoms with Crippen molar-refractivity contribution in [1.29, 1.82) is 10.5 Å². The predicted molar refractivity (Wildman–Crippen MR) is 128 cm³/mol. The molecule has 162 valence electrons. The van der Waals surface area contributed by atoms with E-state index in [4.69, 9.17) is 20.9 Å². The van der Waals surface area contributed by atoms with Gasteiger partial charge in [-0.3, -0.25) is 0 Å². The number of nitrogen functional groups attached to an aromatic ring is 2. The molecule has 0 spiro atoms. The molecule has 32 heavy (non-hydrogen) atoms. The standard InChI is InChI=1S/C24H22N4O2S2/c1-3-29-21-17(13-25)18(14-26)22(30-4-2)24(32-20-11-6-5-10-19(20)28)23(21)31-16-9-7-8-15(27)12-16/h5-12H,3-4,27-28H2,1-2H3. The lowest BCUT2D eigenvalue weighted by atomic mass is 10.1. The van der Waals surface area contributed by atoms with Crippen LogP contribution in [0.25, 0.3) is 0 Å². The maximum Gasteiger partial charge on any atom is 0.153 e. The Morgan fingerprint density at radius 3 is 1.94 bits per heavy atom. The van der Waals surface area contributed by atoms with Crippen LogP contribution >= 0.6 is 23.5 Å². The van der Waals surface area contributed by atoms with Gasteiger partial charge in [0, 0.05) is 21.2 Å². The maximum atomic E-state index is 9.92. The number of para-hydroxylation sites is 1. The molecule has 6 nitrogen and oxygen atoms in total. The smallest absolute Gasteiger partial charge is 0.153 e. The van der Waals surface area contributed by atoms with Gasteiger partial charge in [-0.15, -0.1) is 0 Å². The molecule has 0 unspecified atom stereocenters. The minimum atomic E-state index is 0.145. The topological polar surface area (TPSA) is 118 Å². The fraction of sp³-hybridized carbons (Fsp3) is 0.167. The van der Waals surface area contributed by atoms with Crippen molar-refractivity contribution in [3.8, 4) is 23.6 Å². The summed E-state index contributed by atoms with van der Waals surface area (Å²) in [5.41, 5.74) is 13.7. The SMILES string of the molecule is CCOc1c(C#N)c(C#N)c(OCC)c(Sc2ccccc2N)c1Sc1cccc(N)c1. The van der Waals surface area contributed by atoms with Gasteiger partial charge in [0.05, 0.1) is 23.0 Å². The van der Waals surface area contributed by atoms with Crippen molar-refractivity contribution in [2.24, 2.45) is 0 Å². The second-order valence-corrected chi connectivity index (χ2v) is 8.61. The Bertz CT molecular complexity index is 1220. The number of hydrogen-bond acceptors (Lipinski definition) is 8. The molecule has 3 aromatic rings. The first kappa shape index (κ1) is 23.2. The van der Waals surface area contributed by atoms with Crippen molar-refractivity contribution < 1.29 is 9.47 Å². The third-order valence-corrected chi connectivity index (χ3v) is 6.73. The molecule has 3 rings (SSSR count). The highest BCUT2D eigenvalue weighted by atomic mass is 32.2. The zero-order valence-electron chi connectivity index (χ0n) is 17.7. The molecule has 0 aromatic heterocycles. The number of nitrogens with zero attached hydrogens (tertiary/aromatic N) is 2. The molecule has 8 heteroatoms. The first-order chi connectivity index (χ1) is 15.5. The Kier molecular flexibility index (Phi) is 7.77. The number of anilines is 2. The van der Waals surface area contributed by atoms with Crippen molar-refractivity contribution in [2.75, 3.05) is 24.7 Å². The molecule has 0 aliphatic carbocycles. The van der Waals surface area contributed by atoms with Gasteiger partial charge in [0.15, 0.2) is 11.5 Å². The summed E-state index contributed by atoms with van der Waals surface area (Å²) in [5, 5.41) is 19.8. The van der Waals surface area contributed by atoms with Crippen LogP contribution in [0, 0.1) is 22.7 Å². The molecule has 3 aromatic carbocycles. The Balaban J connectivity index is 2.35. The zero-order valence-corrected chi connectivity index (χ0v) is 19.3. The summed E-state index contributed by atoms with van der Waals surface area (Å²) in [6.07, 6.45) is 0. The van der Waals surface area contributed by atoms with Gasteiger partial charge in [-0.2, -0.15) is 10.5 Å². The number of benzene rings is 3. The van der Waals surface area contributed by atoms with E-state index in [0.29, 0.717) is 45.9 Å². The van der Waals surface area contributed by atoms with E-state index in [9.17, 15) is 10.5 Å². The van der Waals surface area contributed by atoms with Gasteiger partial charge >= 0.3 is 0 Å². The molecule has 0 amide bonds. The molecule has 0 atom stereocenters. The Morgan fingerprint density at radius 2 is 1.41 bits per heavy atom. The number of ether oxygens (including phenoxy) is 2. The molecular weight excluding hydrogens is 440 g/mol. The summed E-state index contributed by atoms with van der Waals surface area (Å²) >= 11 is 2.78. The molecule has 0 radical (unpaired) electrons. The van der Waals surface area contributed by atoms with Crippen molar-refractivity contribution >= 4 is 34.9 Å². The molecule has 0 fully saturated rings. The van der Waals surface area contributed by atoms with Gasteiger partial charge in [0.2, 0.25) is 0 Å². The highest BCUT2D eigenvalue weighted by Crippen LogP contribution is 2.52. The van der Waals surface area contributed by atoms with Crippen LogP contribution < -0.4 is 20.9 Å². The molecule has 0 bridgehead atoms. The van der Waals surface area contributed by atoms with Crippen molar-refractivity contribution in [3.05, 3.63) is 59.7 Å². The molecule has 0 aliphatic heterocycles. The molecule has 4 N–H and O–H groups in total. The first-order valence-corrected chi connectivity index (χ1v) is 11.5. The summed E-state index contributed by atoms with van der Waals surface area (Å²) in [5.74, 6) is 0.689. The summed E-state index contributed by atoms with van der Waals surface area (Å²) in [6, 6.07) is 19.2. The van der Waals surface area contributed by atoms with Crippen molar-refractivity contribution in [1.82, 2.24) is 0 Å². The Labute approximate surface area is 196 Å². The molecule has 0 saturated heterocycles. The van der Waals surface area contributed by atoms with E-state index < -0.39 is 0 Å². The predicted octanol–water partition coefficient (Wildman–Crippen LogP) is 5.69. The van der Waals surface area contributed by atoms with E-state index in [0.717, 1.165) is 9.79 Å². The van der Waals surface area contributed by atoms with E-state index in [2.05, 4.69) is 12.1 Å². The number of rotatable bonds is 8. The van der Waals surface area contributed by atoms with Gasteiger partial charge in [-0.1, -0.05) is 41.7 Å². The molecule has 0 aliphatic rings. The van der Waals surface area contributed by atoms with Gasteiger partial charge < -0.3 is 20.9 Å². The number of nitriles is 2. The minimum absolute atomic E-state index is 0.145. The maximum absolute atomic E-state index is 9.92. The monoisotopic (exact) mass is 462 g/mol. The summed E-state index contributed by atoms with van der Waals surface area (Å²) < 4.78 is 11.8. The minimum Gasteiger partial charge on any atom is -0.491 e. The third kappa shape index (κ3) is 4.88. The van der Waals surface area contributed by atoms with Crippen LogP contribution in [0.1, 0.15) is 25.0 Å². The molecule has 0 saturated carbocycles. The third-order valence-electron chi connectivity index (χ3n) is 4.33. The second-order valence-electron chi connectivity index (χ2n) is 6.47. The van der Waals surface area contributed by atoms with Crippen molar-refractivity contribution in [3.63, 3.8) is 0 Å². The van der Waals surface area contributed by atoms with Crippen LogP contribution in [0.3, 0.4) is 0 Å². The lowest BCUT2D eigenvalue weighted by Crippen LogP contribution is -2.05. The van der Waals surface area contributed by atoms with Gasteiger partial charge in [0.1, 0.15) is 23.3 Å². The van der Waals surface area contributed by atoms with E-state index in [-0.39, 0.29) is 11.1 Å². The lowest BCUT2D eigenvalue weighted by molar-refractivity contribution is 0.314. The Morgan fingerprint density at radius 1 is 0.812 bits per heavy atom. The van der Waals surface area contributed by atoms with E-state index in [1.54, 1.807) is 6.07 Å². The number of hydrogen-bond donors (Lipinski definition) is 2. The van der Waals surface area contributed by atoms with E-state index in [1.165, 1.54) is 23.5 Å². The molecule has 0 heterocycles. The average Bonchev–Trinajstić information content (AvgIpc) is 2.78. The largest absolute Gasteiger partial charge is 0.491 e. The Hall–Kier alpha value is -3.46. The van der Waals surface area contributed by atoms with Crippen LogP contribution in [-0.4, -0.2) is 13.2 Å². The van der Waals surface area contributed by atoms with Gasteiger partial charge in [-0.05, 0) is 44.2 Å². The fourth-order valence-electron chi connectivity index (χ4n) is 3.00. The summed E-state index contributed by atoms with van der Waals surface area (Å²) in [7, 11) is 0. The van der Waals surface area contributed by atoms with Crippen molar-refractivity contribution in [2.45, 2.75) is 33.4 Å². The fourth-order valence-corrected chi connectivity index (χ4v) is 5.26. The average molecular weight is 463 g/mol. The molecular formula is C24H22N4O2S2. The van der Waals surface area contributed by atoms with Gasteiger partial charge in [-0.25, -0.2) is 0 Å². The quantitative estimate of drug-likeness (QED) is 0.410. The highest BCUT2D eigenvalue weighted by Gasteiger charge is 2.28. The normalized spacial score (nSPS) is 10.2. The summed E-state index contributed by atoms with van der Waals surface area (Å²) in [4.78, 5) is 3.00. The summed E-state index contributed by atoms with van der Waals surface area (Å²) in [6.45, 7) is 4.32. The lowest BCUT2D eigenvalue weighted by Gasteiger charge is -2.21. The van der Waals surface area contributed by atoms with E-state index in [1.807, 2.05) is 56.3 Å². The first-order valence-electron chi connectivity index (χ1n) is 9.89. The zero-order chi connectivity index (χ0) is 23.1. The highest BCUT2D eigenvalue weighted by molar-refractivity contribution is 8.02. The number of nitrogens with two attached hydrogens (primary N) is 2.